The van der Waals surface area contributed by atoms with Crippen molar-refractivity contribution in [1.29, 1.82) is 0 Å². The number of nitrogens with one attached hydrogen (secondary N) is 1. The van der Waals surface area contributed by atoms with Crippen molar-refractivity contribution in [3.05, 3.63) is 41.4 Å². The summed E-state index contributed by atoms with van der Waals surface area (Å²) in [6.45, 7) is 6.43. The monoisotopic (exact) mass is 293 g/mol. The standard InChI is InChI=1S/C15H20ClN3O/c1-3-7-19-11-17-9-13(19)10-18-12-5-6-15(20-4-2)14(16)8-12/h5-6,8-9,11,18H,3-4,7,10H2,1-2H3. The third-order valence-corrected chi connectivity index (χ3v) is 3.26. The van der Waals surface area contributed by atoms with Gasteiger partial charge in [0.1, 0.15) is 5.75 Å². The first kappa shape index (κ1) is 14.7. The zero-order valence-corrected chi connectivity index (χ0v) is 12.7. The second-order valence-electron chi connectivity index (χ2n) is 4.51. The van der Waals surface area contributed by atoms with Crippen LogP contribution in [-0.4, -0.2) is 16.2 Å². The minimum Gasteiger partial charge on any atom is -0.492 e. The summed E-state index contributed by atoms with van der Waals surface area (Å²) in [7, 11) is 0. The molecule has 0 unspecified atom stereocenters. The molecule has 0 saturated heterocycles. The predicted octanol–water partition coefficient (Wildman–Crippen LogP) is 3.96. The van der Waals surface area contributed by atoms with Gasteiger partial charge < -0.3 is 14.6 Å². The smallest absolute Gasteiger partial charge is 0.138 e. The Kier molecular flexibility index (Phi) is 5.30. The van der Waals surface area contributed by atoms with Crippen molar-refractivity contribution in [2.45, 2.75) is 33.4 Å². The van der Waals surface area contributed by atoms with E-state index in [9.17, 15) is 0 Å². The van der Waals surface area contributed by atoms with Crippen molar-refractivity contribution in [2.24, 2.45) is 0 Å². The highest BCUT2D eigenvalue weighted by molar-refractivity contribution is 6.32. The maximum absolute atomic E-state index is 6.17. The van der Waals surface area contributed by atoms with Crippen LogP contribution in [-0.2, 0) is 13.1 Å². The van der Waals surface area contributed by atoms with E-state index in [2.05, 4.69) is 21.8 Å². The third kappa shape index (κ3) is 3.67. The van der Waals surface area contributed by atoms with Gasteiger partial charge in [-0.25, -0.2) is 4.98 Å². The second kappa shape index (κ2) is 7.20. The lowest BCUT2D eigenvalue weighted by molar-refractivity contribution is 0.340. The molecule has 0 aliphatic heterocycles. The van der Waals surface area contributed by atoms with E-state index in [1.165, 1.54) is 0 Å². The number of hydrogen-bond donors (Lipinski definition) is 1. The predicted molar refractivity (Wildman–Crippen MR) is 82.5 cm³/mol. The number of nitrogens with zero attached hydrogens (tertiary/aromatic N) is 2. The van der Waals surface area contributed by atoms with Gasteiger partial charge in [-0.2, -0.15) is 0 Å². The zero-order valence-electron chi connectivity index (χ0n) is 11.9. The molecule has 5 heteroatoms. The summed E-state index contributed by atoms with van der Waals surface area (Å²) >= 11 is 6.17. The molecule has 0 saturated carbocycles. The lowest BCUT2D eigenvalue weighted by atomic mass is 10.3. The second-order valence-corrected chi connectivity index (χ2v) is 4.92. The maximum Gasteiger partial charge on any atom is 0.138 e. The topological polar surface area (TPSA) is 39.1 Å². The van der Waals surface area contributed by atoms with Crippen LogP contribution < -0.4 is 10.1 Å². The van der Waals surface area contributed by atoms with Gasteiger partial charge in [0, 0.05) is 18.4 Å². The fraction of sp³-hybridized carbons (Fsp3) is 0.400. The first-order chi connectivity index (χ1) is 9.74. The van der Waals surface area contributed by atoms with Gasteiger partial charge >= 0.3 is 0 Å². The van der Waals surface area contributed by atoms with Crippen LogP contribution in [0.5, 0.6) is 5.75 Å². The van der Waals surface area contributed by atoms with E-state index in [1.54, 1.807) is 0 Å². The SMILES string of the molecule is CCCn1cncc1CNc1ccc(OCC)c(Cl)c1. The Morgan fingerprint density at radius 1 is 1.35 bits per heavy atom. The van der Waals surface area contributed by atoms with Crippen LogP contribution in [0.4, 0.5) is 5.69 Å². The Morgan fingerprint density at radius 2 is 2.20 bits per heavy atom. The Bertz CT molecular complexity index is 554. The molecule has 0 spiro atoms. The summed E-state index contributed by atoms with van der Waals surface area (Å²) in [6.07, 6.45) is 4.85. The molecule has 1 aromatic heterocycles. The number of aromatic nitrogens is 2. The molecule has 0 bridgehead atoms. The lowest BCUT2D eigenvalue weighted by Gasteiger charge is -2.11. The van der Waals surface area contributed by atoms with Crippen molar-refractivity contribution < 1.29 is 4.74 Å². The van der Waals surface area contributed by atoms with Gasteiger partial charge in [-0.15, -0.1) is 0 Å². The number of imidazole rings is 1. The third-order valence-electron chi connectivity index (χ3n) is 2.97. The molecule has 0 aliphatic rings. The summed E-state index contributed by atoms with van der Waals surface area (Å²) in [5.74, 6) is 0.718. The molecule has 0 atom stereocenters. The van der Waals surface area contributed by atoms with Crippen molar-refractivity contribution in [3.63, 3.8) is 0 Å². The molecule has 0 aliphatic carbocycles. The van der Waals surface area contributed by atoms with Crippen LogP contribution >= 0.6 is 11.6 Å². The molecule has 108 valence electrons. The van der Waals surface area contributed by atoms with Gasteiger partial charge in [-0.1, -0.05) is 18.5 Å². The minimum atomic E-state index is 0.614. The molecule has 0 fully saturated rings. The fourth-order valence-corrected chi connectivity index (χ4v) is 2.25. The fourth-order valence-electron chi connectivity index (χ4n) is 2.01. The van der Waals surface area contributed by atoms with Gasteiger partial charge in [0.05, 0.1) is 30.2 Å². The van der Waals surface area contributed by atoms with Crippen molar-refractivity contribution in [1.82, 2.24) is 9.55 Å². The molecule has 0 radical (unpaired) electrons. The Labute approximate surface area is 124 Å². The van der Waals surface area contributed by atoms with Crippen LogP contribution in [0.2, 0.25) is 5.02 Å². The molecular formula is C15H20ClN3O. The van der Waals surface area contributed by atoms with Crippen molar-refractivity contribution in [2.75, 3.05) is 11.9 Å². The molecule has 2 aromatic rings. The highest BCUT2D eigenvalue weighted by atomic mass is 35.5. The Morgan fingerprint density at radius 3 is 2.90 bits per heavy atom. The highest BCUT2D eigenvalue weighted by Gasteiger charge is 2.04. The van der Waals surface area contributed by atoms with Crippen molar-refractivity contribution in [3.8, 4) is 5.75 Å². The minimum absolute atomic E-state index is 0.614. The molecule has 4 nitrogen and oxygen atoms in total. The molecule has 1 heterocycles. The van der Waals surface area contributed by atoms with E-state index in [1.807, 2.05) is 37.6 Å². The van der Waals surface area contributed by atoms with E-state index >= 15 is 0 Å². The zero-order chi connectivity index (χ0) is 14.4. The number of benzene rings is 1. The van der Waals surface area contributed by atoms with Crippen LogP contribution in [0.3, 0.4) is 0 Å². The molecule has 0 amide bonds. The number of halogens is 1. The summed E-state index contributed by atoms with van der Waals surface area (Å²) < 4.78 is 7.58. The van der Waals surface area contributed by atoms with Crippen LogP contribution in [0.25, 0.3) is 0 Å². The van der Waals surface area contributed by atoms with E-state index in [-0.39, 0.29) is 0 Å². The summed E-state index contributed by atoms with van der Waals surface area (Å²) in [4.78, 5) is 4.19. The normalized spacial score (nSPS) is 10.6. The van der Waals surface area contributed by atoms with E-state index in [4.69, 9.17) is 16.3 Å². The maximum atomic E-state index is 6.17. The average molecular weight is 294 g/mol. The number of rotatable bonds is 7. The molecule has 20 heavy (non-hydrogen) atoms. The summed E-state index contributed by atoms with van der Waals surface area (Å²) in [6, 6.07) is 5.74. The number of ether oxygens (including phenoxy) is 1. The van der Waals surface area contributed by atoms with Crippen molar-refractivity contribution >= 4 is 17.3 Å². The largest absolute Gasteiger partial charge is 0.492 e. The lowest BCUT2D eigenvalue weighted by Crippen LogP contribution is -2.07. The van der Waals surface area contributed by atoms with Gasteiger partial charge in [-0.05, 0) is 31.5 Å². The Balaban J connectivity index is 2.00. The number of hydrogen-bond acceptors (Lipinski definition) is 3. The molecule has 1 aromatic carbocycles. The van der Waals surface area contributed by atoms with Gasteiger partial charge in [0.15, 0.2) is 0 Å². The van der Waals surface area contributed by atoms with E-state index < -0.39 is 0 Å². The Hall–Kier alpha value is -1.68. The van der Waals surface area contributed by atoms with Gasteiger partial charge in [-0.3, -0.25) is 0 Å². The van der Waals surface area contributed by atoms with Crippen LogP contribution in [0.1, 0.15) is 26.0 Å². The molecule has 1 N–H and O–H groups in total. The van der Waals surface area contributed by atoms with Crippen LogP contribution in [0, 0.1) is 0 Å². The summed E-state index contributed by atoms with van der Waals surface area (Å²) in [5.41, 5.74) is 2.14. The van der Waals surface area contributed by atoms with Crippen LogP contribution in [0.15, 0.2) is 30.7 Å². The van der Waals surface area contributed by atoms with Gasteiger partial charge in [0.25, 0.3) is 0 Å². The van der Waals surface area contributed by atoms with E-state index in [0.717, 1.165) is 36.6 Å². The van der Waals surface area contributed by atoms with Gasteiger partial charge in [0.2, 0.25) is 0 Å². The number of anilines is 1. The summed E-state index contributed by atoms with van der Waals surface area (Å²) in [5, 5.41) is 3.98. The van der Waals surface area contributed by atoms with E-state index in [0.29, 0.717) is 11.6 Å². The quantitative estimate of drug-likeness (QED) is 0.840. The number of aryl methyl sites for hydroxylation is 1. The average Bonchev–Trinajstić information content (AvgIpc) is 2.87. The highest BCUT2D eigenvalue weighted by Crippen LogP contribution is 2.27. The first-order valence-corrected chi connectivity index (χ1v) is 7.27. The molecular weight excluding hydrogens is 274 g/mol. The molecule has 2 rings (SSSR count). The first-order valence-electron chi connectivity index (χ1n) is 6.89.